The number of hydrogen-bond donors (Lipinski definition) is 1. The lowest BCUT2D eigenvalue weighted by Gasteiger charge is -2.09. The van der Waals surface area contributed by atoms with E-state index >= 15 is 0 Å². The highest BCUT2D eigenvalue weighted by Crippen LogP contribution is 2.14. The Morgan fingerprint density at radius 2 is 2.14 bits per heavy atom. The summed E-state index contributed by atoms with van der Waals surface area (Å²) in [7, 11) is 0. The minimum atomic E-state index is -3.51. The Morgan fingerprint density at radius 3 is 2.64 bits per heavy atom. The van der Waals surface area contributed by atoms with Crippen LogP contribution < -0.4 is 5.32 Å². The van der Waals surface area contributed by atoms with E-state index in [2.05, 4.69) is 4.98 Å². The van der Waals surface area contributed by atoms with Crippen LogP contribution in [-0.2, 0) is 4.79 Å². The number of nitrogens with zero attached hydrogens (tertiary/aromatic N) is 1. The SMILES string of the molecule is CC(F)(F)C(=O)Nc1cccc(F)n1. The maximum Gasteiger partial charge on any atom is 0.322 e. The van der Waals surface area contributed by atoms with Crippen molar-refractivity contribution in [2.45, 2.75) is 12.8 Å². The predicted octanol–water partition coefficient (Wildman–Crippen LogP) is 1.81. The molecule has 0 spiro atoms. The molecular formula is C8H7F3N2O. The zero-order valence-electron chi connectivity index (χ0n) is 7.22. The third-order valence-corrected chi connectivity index (χ3v) is 1.36. The normalized spacial score (nSPS) is 11.1. The van der Waals surface area contributed by atoms with Gasteiger partial charge < -0.3 is 5.32 Å². The van der Waals surface area contributed by atoms with Gasteiger partial charge in [-0.1, -0.05) is 6.07 Å². The molecule has 0 aliphatic heterocycles. The van der Waals surface area contributed by atoms with E-state index in [4.69, 9.17) is 0 Å². The van der Waals surface area contributed by atoms with Crippen LogP contribution >= 0.6 is 0 Å². The van der Waals surface area contributed by atoms with Gasteiger partial charge in [-0.05, 0) is 12.1 Å². The molecule has 1 heterocycles. The average Bonchev–Trinajstić information content (AvgIpc) is 2.02. The molecule has 1 aromatic heterocycles. The van der Waals surface area contributed by atoms with Crippen LogP contribution in [0.2, 0.25) is 0 Å². The highest BCUT2D eigenvalue weighted by atomic mass is 19.3. The number of pyridine rings is 1. The number of halogens is 3. The molecule has 1 aromatic rings. The molecule has 0 unspecified atom stereocenters. The molecule has 0 aliphatic rings. The van der Waals surface area contributed by atoms with Gasteiger partial charge in [0.2, 0.25) is 5.95 Å². The highest BCUT2D eigenvalue weighted by Gasteiger charge is 2.32. The van der Waals surface area contributed by atoms with E-state index in [0.717, 1.165) is 6.07 Å². The van der Waals surface area contributed by atoms with Crippen molar-refractivity contribution in [1.29, 1.82) is 0 Å². The molecule has 76 valence electrons. The third-order valence-electron chi connectivity index (χ3n) is 1.36. The molecule has 0 aromatic carbocycles. The van der Waals surface area contributed by atoms with Gasteiger partial charge >= 0.3 is 5.92 Å². The first-order valence-corrected chi connectivity index (χ1v) is 3.71. The molecule has 6 heteroatoms. The standard InChI is InChI=1S/C8H7F3N2O/c1-8(10,11)7(14)13-6-4-2-3-5(9)12-6/h2-4H,1H3,(H,12,13,14). The monoisotopic (exact) mass is 204 g/mol. The summed E-state index contributed by atoms with van der Waals surface area (Å²) < 4.78 is 37.2. The molecule has 0 aliphatic carbocycles. The first-order chi connectivity index (χ1) is 6.39. The Kier molecular flexibility index (Phi) is 2.73. The van der Waals surface area contributed by atoms with Crippen LogP contribution in [0.1, 0.15) is 6.92 Å². The van der Waals surface area contributed by atoms with E-state index in [1.807, 2.05) is 0 Å². The van der Waals surface area contributed by atoms with Gasteiger partial charge in [0.25, 0.3) is 5.91 Å². The van der Waals surface area contributed by atoms with Crippen LogP contribution in [0, 0.1) is 5.95 Å². The second-order valence-electron chi connectivity index (χ2n) is 2.69. The molecule has 0 atom stereocenters. The van der Waals surface area contributed by atoms with Crippen molar-refractivity contribution in [3.63, 3.8) is 0 Å². The van der Waals surface area contributed by atoms with Crippen molar-refractivity contribution in [2.75, 3.05) is 5.32 Å². The largest absolute Gasteiger partial charge is 0.322 e. The highest BCUT2D eigenvalue weighted by molar-refractivity contribution is 5.94. The Balaban J connectivity index is 2.75. The summed E-state index contributed by atoms with van der Waals surface area (Å²) >= 11 is 0. The Bertz CT molecular complexity index is 349. The van der Waals surface area contributed by atoms with Gasteiger partial charge in [0.1, 0.15) is 5.82 Å². The molecule has 0 bridgehead atoms. The number of amides is 1. The van der Waals surface area contributed by atoms with E-state index in [1.54, 1.807) is 5.32 Å². The molecule has 1 N–H and O–H groups in total. The second-order valence-corrected chi connectivity index (χ2v) is 2.69. The summed E-state index contributed by atoms with van der Waals surface area (Å²) in [5, 5.41) is 1.78. The Hall–Kier alpha value is -1.59. The van der Waals surface area contributed by atoms with Gasteiger partial charge in [-0.3, -0.25) is 4.79 Å². The van der Waals surface area contributed by atoms with Gasteiger partial charge in [0, 0.05) is 6.92 Å². The first kappa shape index (κ1) is 10.5. The van der Waals surface area contributed by atoms with Gasteiger partial charge in [-0.25, -0.2) is 4.98 Å². The second kappa shape index (κ2) is 3.65. The van der Waals surface area contributed by atoms with Crippen molar-refractivity contribution in [3.8, 4) is 0 Å². The smallest absolute Gasteiger partial charge is 0.305 e. The maximum atomic E-state index is 12.5. The van der Waals surface area contributed by atoms with Crippen LogP contribution in [0.5, 0.6) is 0 Å². The summed E-state index contributed by atoms with van der Waals surface area (Å²) in [6.07, 6.45) is 0. The lowest BCUT2D eigenvalue weighted by molar-refractivity contribution is -0.137. The lowest BCUT2D eigenvalue weighted by atomic mass is 10.3. The molecule has 0 radical (unpaired) electrons. The third kappa shape index (κ3) is 2.72. The predicted molar refractivity (Wildman–Crippen MR) is 43.4 cm³/mol. The van der Waals surface area contributed by atoms with Gasteiger partial charge in [-0.15, -0.1) is 0 Å². The summed E-state index contributed by atoms with van der Waals surface area (Å²) in [5.41, 5.74) is 0. The molecule has 1 rings (SSSR count). The zero-order valence-corrected chi connectivity index (χ0v) is 7.22. The lowest BCUT2D eigenvalue weighted by Crippen LogP contribution is -2.31. The van der Waals surface area contributed by atoms with Crippen molar-refractivity contribution in [2.24, 2.45) is 0 Å². The number of aromatic nitrogens is 1. The first-order valence-electron chi connectivity index (χ1n) is 3.71. The Morgan fingerprint density at radius 1 is 1.50 bits per heavy atom. The minimum Gasteiger partial charge on any atom is -0.305 e. The summed E-state index contributed by atoms with van der Waals surface area (Å²) in [5.74, 6) is -6.11. The summed E-state index contributed by atoms with van der Waals surface area (Å²) in [6.45, 7) is 0.446. The van der Waals surface area contributed by atoms with Crippen molar-refractivity contribution < 1.29 is 18.0 Å². The number of nitrogens with one attached hydrogen (secondary N) is 1. The van der Waals surface area contributed by atoms with E-state index in [1.165, 1.54) is 12.1 Å². The van der Waals surface area contributed by atoms with Crippen LogP contribution in [-0.4, -0.2) is 16.8 Å². The minimum absolute atomic E-state index is 0.239. The number of anilines is 1. The molecule has 0 saturated carbocycles. The number of carbonyl (C=O) groups excluding carboxylic acids is 1. The molecule has 0 fully saturated rings. The number of hydrogen-bond acceptors (Lipinski definition) is 2. The van der Waals surface area contributed by atoms with Crippen molar-refractivity contribution >= 4 is 11.7 Å². The van der Waals surface area contributed by atoms with Crippen LogP contribution in [0.4, 0.5) is 19.0 Å². The molecule has 0 saturated heterocycles. The van der Waals surface area contributed by atoms with Gasteiger partial charge in [-0.2, -0.15) is 13.2 Å². The zero-order chi connectivity index (χ0) is 10.8. The van der Waals surface area contributed by atoms with Crippen molar-refractivity contribution in [1.82, 2.24) is 4.98 Å². The number of carbonyl (C=O) groups is 1. The fraction of sp³-hybridized carbons (Fsp3) is 0.250. The quantitative estimate of drug-likeness (QED) is 0.746. The van der Waals surface area contributed by atoms with E-state index in [-0.39, 0.29) is 5.82 Å². The van der Waals surface area contributed by atoms with Crippen LogP contribution in [0.3, 0.4) is 0 Å². The summed E-state index contributed by atoms with van der Waals surface area (Å²) in [4.78, 5) is 13.9. The van der Waals surface area contributed by atoms with E-state index in [9.17, 15) is 18.0 Å². The topological polar surface area (TPSA) is 42.0 Å². The molecule has 3 nitrogen and oxygen atoms in total. The van der Waals surface area contributed by atoms with E-state index < -0.39 is 17.8 Å². The van der Waals surface area contributed by atoms with Gasteiger partial charge in [0.15, 0.2) is 0 Å². The molecule has 1 amide bonds. The average molecular weight is 204 g/mol. The number of rotatable bonds is 2. The van der Waals surface area contributed by atoms with Crippen molar-refractivity contribution in [3.05, 3.63) is 24.1 Å². The van der Waals surface area contributed by atoms with Crippen LogP contribution in [0.15, 0.2) is 18.2 Å². The number of alkyl halides is 2. The molecule has 14 heavy (non-hydrogen) atoms. The van der Waals surface area contributed by atoms with Gasteiger partial charge in [0.05, 0.1) is 0 Å². The van der Waals surface area contributed by atoms with Crippen LogP contribution in [0.25, 0.3) is 0 Å². The fourth-order valence-electron chi connectivity index (χ4n) is 0.704. The Labute approximate surface area is 78.0 Å². The molecular weight excluding hydrogens is 197 g/mol. The fourth-order valence-corrected chi connectivity index (χ4v) is 0.704. The van der Waals surface area contributed by atoms with E-state index in [0.29, 0.717) is 6.92 Å². The summed E-state index contributed by atoms with van der Waals surface area (Å²) in [6, 6.07) is 3.51. The maximum absolute atomic E-state index is 12.5.